The molecule has 0 unspecified atom stereocenters. The van der Waals surface area contributed by atoms with Crippen LogP contribution in [0, 0.1) is 12.3 Å². The van der Waals surface area contributed by atoms with E-state index in [0.29, 0.717) is 0 Å². The van der Waals surface area contributed by atoms with Crippen molar-refractivity contribution in [1.29, 1.82) is 0 Å². The van der Waals surface area contributed by atoms with Gasteiger partial charge in [-0.05, 0) is 19.1 Å². The molecule has 0 aliphatic heterocycles. The summed E-state index contributed by atoms with van der Waals surface area (Å²) in [7, 11) is 0. The quantitative estimate of drug-likeness (QED) is 0.636. The number of aromatic nitrogens is 1. The fourth-order valence-electron chi connectivity index (χ4n) is 0.900. The molecule has 0 bridgehead atoms. The van der Waals surface area contributed by atoms with Gasteiger partial charge in [-0.3, -0.25) is 9.17 Å². The first kappa shape index (κ1) is 9.56. The highest BCUT2D eigenvalue weighted by atomic mass is 32.1. The van der Waals surface area contributed by atoms with Crippen molar-refractivity contribution < 1.29 is 0 Å². The van der Waals surface area contributed by atoms with E-state index in [4.69, 9.17) is 0 Å². The van der Waals surface area contributed by atoms with Crippen LogP contribution < -0.4 is 5.56 Å². The maximum atomic E-state index is 10.9. The molecule has 1 heterocycles. The lowest BCUT2D eigenvalue weighted by molar-refractivity contribution is 1.46. The molecule has 0 aliphatic carbocycles. The lowest BCUT2D eigenvalue weighted by Crippen LogP contribution is -1.94. The molecule has 66 valence electrons. The van der Waals surface area contributed by atoms with E-state index in [0.717, 1.165) is 10.1 Å². The normalized spacial score (nSPS) is 8.62. The summed E-state index contributed by atoms with van der Waals surface area (Å²) in [5, 5.41) is 0.785. The number of benzene rings is 1. The molecule has 0 spiro atoms. The minimum atomic E-state index is 0.0144. The molecule has 0 aliphatic rings. The number of rotatable bonds is 0. The summed E-state index contributed by atoms with van der Waals surface area (Å²) >= 11 is 1.38. The average molecular weight is 191 g/mol. The zero-order valence-corrected chi connectivity index (χ0v) is 8.02. The van der Waals surface area contributed by atoms with E-state index in [-0.39, 0.29) is 5.56 Å². The molecular weight excluding hydrogens is 182 g/mol. The first-order valence-corrected chi connectivity index (χ1v) is 4.54. The summed E-state index contributed by atoms with van der Waals surface area (Å²) in [4.78, 5) is 10.9. The minimum absolute atomic E-state index is 0.0144. The van der Waals surface area contributed by atoms with Crippen LogP contribution in [0.3, 0.4) is 0 Å². The third kappa shape index (κ3) is 2.20. The van der Waals surface area contributed by atoms with Gasteiger partial charge in [0.1, 0.15) is 0 Å². The number of H-pyrrole nitrogens is 1. The van der Waals surface area contributed by atoms with Crippen molar-refractivity contribution in [3.63, 3.8) is 0 Å². The van der Waals surface area contributed by atoms with Gasteiger partial charge in [0, 0.05) is 0 Å². The van der Waals surface area contributed by atoms with E-state index >= 15 is 0 Å². The molecule has 0 amide bonds. The SMILES string of the molecule is C#CC.O=c1[nH]sc2ccccc12. The van der Waals surface area contributed by atoms with Crippen molar-refractivity contribution in [2.45, 2.75) is 6.92 Å². The van der Waals surface area contributed by atoms with Crippen LogP contribution in [0.25, 0.3) is 10.1 Å². The van der Waals surface area contributed by atoms with Crippen LogP contribution in [0.2, 0.25) is 0 Å². The lowest BCUT2D eigenvalue weighted by atomic mass is 10.3. The standard InChI is InChI=1S/C7H5NOS.C3H4/c9-7-5-3-1-2-4-6(5)10-8-7;1-3-2/h1-4H,(H,8,9);1H,2H3. The summed E-state index contributed by atoms with van der Waals surface area (Å²) in [6, 6.07) is 7.54. The molecule has 13 heavy (non-hydrogen) atoms. The highest BCUT2D eigenvalue weighted by molar-refractivity contribution is 7.13. The van der Waals surface area contributed by atoms with Gasteiger partial charge in [0.15, 0.2) is 0 Å². The van der Waals surface area contributed by atoms with Crippen LogP contribution in [0.4, 0.5) is 0 Å². The van der Waals surface area contributed by atoms with Crippen molar-refractivity contribution in [1.82, 2.24) is 4.37 Å². The Morgan fingerprint density at radius 2 is 2.08 bits per heavy atom. The van der Waals surface area contributed by atoms with E-state index in [2.05, 4.69) is 16.7 Å². The number of nitrogens with one attached hydrogen (secondary N) is 1. The van der Waals surface area contributed by atoms with Crippen molar-refractivity contribution in [3.8, 4) is 12.3 Å². The molecule has 0 fully saturated rings. The molecule has 1 N–H and O–H groups in total. The van der Waals surface area contributed by atoms with Crippen LogP contribution >= 0.6 is 11.5 Å². The summed E-state index contributed by atoms with van der Waals surface area (Å²) in [5.74, 6) is 2.25. The molecule has 1 aromatic heterocycles. The Labute approximate surface area is 80.4 Å². The fourth-order valence-corrected chi connectivity index (χ4v) is 1.63. The Hall–Kier alpha value is -1.53. The Balaban J connectivity index is 0.000000251. The molecule has 0 saturated carbocycles. The summed E-state index contributed by atoms with van der Waals surface area (Å²) in [6.07, 6.45) is 4.60. The van der Waals surface area contributed by atoms with Crippen molar-refractivity contribution in [2.24, 2.45) is 0 Å². The topological polar surface area (TPSA) is 32.9 Å². The fraction of sp³-hybridized carbons (Fsp3) is 0.100. The monoisotopic (exact) mass is 191 g/mol. The van der Waals surface area contributed by atoms with Crippen molar-refractivity contribution in [3.05, 3.63) is 34.6 Å². The van der Waals surface area contributed by atoms with E-state index in [9.17, 15) is 4.79 Å². The zero-order valence-electron chi connectivity index (χ0n) is 7.20. The average Bonchev–Trinajstić information content (AvgIpc) is 2.50. The van der Waals surface area contributed by atoms with Crippen LogP contribution in [-0.2, 0) is 0 Å². The van der Waals surface area contributed by atoms with Gasteiger partial charge in [-0.25, -0.2) is 0 Å². The van der Waals surface area contributed by atoms with Gasteiger partial charge in [0.2, 0.25) is 0 Å². The smallest absolute Gasteiger partial charge is 0.265 e. The van der Waals surface area contributed by atoms with Gasteiger partial charge < -0.3 is 0 Å². The molecule has 0 radical (unpaired) electrons. The number of hydrogen-bond acceptors (Lipinski definition) is 2. The van der Waals surface area contributed by atoms with Crippen LogP contribution in [0.15, 0.2) is 29.1 Å². The summed E-state index contributed by atoms with van der Waals surface area (Å²) < 4.78 is 3.68. The van der Waals surface area contributed by atoms with Gasteiger partial charge in [0.25, 0.3) is 5.56 Å². The van der Waals surface area contributed by atoms with Gasteiger partial charge >= 0.3 is 0 Å². The third-order valence-electron chi connectivity index (χ3n) is 1.39. The van der Waals surface area contributed by atoms with Gasteiger partial charge in [-0.15, -0.1) is 12.3 Å². The summed E-state index contributed by atoms with van der Waals surface area (Å²) in [5.41, 5.74) is 0.0144. The zero-order chi connectivity index (χ0) is 9.68. The highest BCUT2D eigenvalue weighted by Crippen LogP contribution is 2.11. The van der Waals surface area contributed by atoms with Crippen LogP contribution in [0.1, 0.15) is 6.92 Å². The van der Waals surface area contributed by atoms with E-state index < -0.39 is 0 Å². The van der Waals surface area contributed by atoms with E-state index in [1.165, 1.54) is 11.5 Å². The first-order valence-electron chi connectivity index (χ1n) is 3.73. The second-order valence-corrected chi connectivity index (χ2v) is 3.17. The van der Waals surface area contributed by atoms with E-state index in [1.54, 1.807) is 6.92 Å². The molecule has 3 heteroatoms. The number of hydrogen-bond donors (Lipinski definition) is 1. The van der Waals surface area contributed by atoms with Gasteiger partial charge in [-0.2, -0.15) is 0 Å². The maximum Gasteiger partial charge on any atom is 0.265 e. The predicted octanol–water partition coefficient (Wildman–Crippen LogP) is 2.23. The summed E-state index contributed by atoms with van der Waals surface area (Å²) in [6.45, 7) is 1.65. The molecule has 2 nitrogen and oxygen atoms in total. The Morgan fingerprint density at radius 1 is 1.46 bits per heavy atom. The van der Waals surface area contributed by atoms with Crippen molar-refractivity contribution in [2.75, 3.05) is 0 Å². The largest absolute Gasteiger partial charge is 0.277 e. The third-order valence-corrected chi connectivity index (χ3v) is 2.25. The maximum absolute atomic E-state index is 10.9. The first-order chi connectivity index (χ1) is 6.29. The number of fused-ring (bicyclic) bond motifs is 1. The molecule has 1 aromatic carbocycles. The Kier molecular flexibility index (Phi) is 3.30. The van der Waals surface area contributed by atoms with Crippen molar-refractivity contribution >= 4 is 21.6 Å². The Morgan fingerprint density at radius 3 is 2.69 bits per heavy atom. The highest BCUT2D eigenvalue weighted by Gasteiger charge is 1.96. The molecular formula is C10H9NOS. The number of terminal acetylenes is 1. The second kappa shape index (κ2) is 4.48. The minimum Gasteiger partial charge on any atom is -0.277 e. The predicted molar refractivity (Wildman–Crippen MR) is 57.0 cm³/mol. The molecule has 2 aromatic rings. The second-order valence-electron chi connectivity index (χ2n) is 2.32. The van der Waals surface area contributed by atoms with E-state index in [1.807, 2.05) is 24.3 Å². The van der Waals surface area contributed by atoms with Gasteiger partial charge in [-0.1, -0.05) is 23.7 Å². The Bertz CT molecular complexity index is 475. The molecule has 2 rings (SSSR count). The lowest BCUT2D eigenvalue weighted by Gasteiger charge is -1.79. The molecule has 0 saturated heterocycles. The van der Waals surface area contributed by atoms with Gasteiger partial charge in [0.05, 0.1) is 10.1 Å². The van der Waals surface area contributed by atoms with Crippen LogP contribution in [0.5, 0.6) is 0 Å². The van der Waals surface area contributed by atoms with Crippen LogP contribution in [-0.4, -0.2) is 4.37 Å². The number of aromatic amines is 1. The molecule has 0 atom stereocenters.